The maximum atomic E-state index is 14.5. The Kier molecular flexibility index (Phi) is 6.11. The first-order chi connectivity index (χ1) is 14.0. The molecule has 2 aliphatic rings. The highest BCUT2D eigenvalue weighted by Gasteiger charge is 2.34. The van der Waals surface area contributed by atoms with Gasteiger partial charge >= 0.3 is 0 Å². The van der Waals surface area contributed by atoms with Crippen LogP contribution in [-0.4, -0.2) is 34.0 Å². The van der Waals surface area contributed by atoms with Crippen molar-refractivity contribution in [2.75, 3.05) is 13.2 Å². The summed E-state index contributed by atoms with van der Waals surface area (Å²) in [5.74, 6) is 1.32. The SMILES string of the molecule is NCC1(F)CCC(SCc2nc3cc(OCC4CCC4)cc(F)c3c(=O)[nH]2)CC1. The van der Waals surface area contributed by atoms with Gasteiger partial charge in [0, 0.05) is 23.9 Å². The lowest BCUT2D eigenvalue weighted by molar-refractivity contribution is 0.119. The molecule has 0 aliphatic heterocycles. The molecular formula is C21H27F2N3O2S. The molecule has 2 aromatic rings. The standard InChI is InChI=1S/C21H27F2N3O2S/c22-16-8-14(28-10-13-2-1-3-13)9-17-19(16)20(27)26-18(25-17)11-29-15-4-6-21(23,12-24)7-5-15/h8-9,13,15H,1-7,10-12,24H2,(H,25,26,27). The zero-order valence-electron chi connectivity index (χ0n) is 16.4. The number of halogens is 2. The third kappa shape index (κ3) is 4.74. The van der Waals surface area contributed by atoms with Crippen molar-refractivity contribution in [1.29, 1.82) is 0 Å². The zero-order valence-corrected chi connectivity index (χ0v) is 17.2. The van der Waals surface area contributed by atoms with Gasteiger partial charge < -0.3 is 15.5 Å². The summed E-state index contributed by atoms with van der Waals surface area (Å²) in [6.45, 7) is 0.637. The Morgan fingerprint density at radius 3 is 2.69 bits per heavy atom. The van der Waals surface area contributed by atoms with Crippen LogP contribution in [0.5, 0.6) is 5.75 Å². The van der Waals surface area contributed by atoms with Crippen molar-refractivity contribution in [1.82, 2.24) is 9.97 Å². The van der Waals surface area contributed by atoms with Gasteiger partial charge in [0.1, 0.15) is 28.4 Å². The summed E-state index contributed by atoms with van der Waals surface area (Å²) in [4.78, 5) is 19.5. The van der Waals surface area contributed by atoms with Gasteiger partial charge in [0.15, 0.2) is 0 Å². The Bertz CT molecular complexity index is 924. The predicted molar refractivity (Wildman–Crippen MR) is 112 cm³/mol. The van der Waals surface area contributed by atoms with E-state index in [1.54, 1.807) is 17.8 Å². The molecule has 1 aromatic heterocycles. The largest absolute Gasteiger partial charge is 0.493 e. The van der Waals surface area contributed by atoms with Crippen molar-refractivity contribution in [2.45, 2.75) is 61.6 Å². The summed E-state index contributed by atoms with van der Waals surface area (Å²) >= 11 is 1.65. The Morgan fingerprint density at radius 1 is 1.28 bits per heavy atom. The fraction of sp³-hybridized carbons (Fsp3) is 0.619. The van der Waals surface area contributed by atoms with Crippen LogP contribution >= 0.6 is 11.8 Å². The van der Waals surface area contributed by atoms with E-state index in [-0.39, 0.29) is 11.9 Å². The molecule has 4 rings (SSSR count). The Morgan fingerprint density at radius 2 is 2.03 bits per heavy atom. The number of ether oxygens (including phenoxy) is 1. The van der Waals surface area contributed by atoms with E-state index in [0.717, 1.165) is 25.7 Å². The second-order valence-corrected chi connectivity index (χ2v) is 9.57. The molecule has 0 spiro atoms. The van der Waals surface area contributed by atoms with E-state index in [4.69, 9.17) is 10.5 Å². The van der Waals surface area contributed by atoms with Gasteiger partial charge in [-0.3, -0.25) is 4.79 Å². The third-order valence-corrected chi connectivity index (χ3v) is 7.53. The molecule has 2 saturated carbocycles. The lowest BCUT2D eigenvalue weighted by atomic mass is 9.86. The third-order valence-electron chi connectivity index (χ3n) is 6.14. The average Bonchev–Trinajstić information content (AvgIpc) is 2.66. The van der Waals surface area contributed by atoms with Crippen molar-refractivity contribution in [3.63, 3.8) is 0 Å². The number of aromatic amines is 1. The molecule has 0 bridgehead atoms. The fourth-order valence-corrected chi connectivity index (χ4v) is 5.05. The van der Waals surface area contributed by atoms with Crippen molar-refractivity contribution < 1.29 is 13.5 Å². The lowest BCUT2D eigenvalue weighted by Gasteiger charge is -2.32. The van der Waals surface area contributed by atoms with E-state index in [9.17, 15) is 13.6 Å². The molecule has 29 heavy (non-hydrogen) atoms. The number of nitrogens with zero attached hydrogens (tertiary/aromatic N) is 1. The minimum absolute atomic E-state index is 0.0439. The highest BCUT2D eigenvalue weighted by molar-refractivity contribution is 7.99. The van der Waals surface area contributed by atoms with Crippen molar-refractivity contribution >= 4 is 22.7 Å². The number of H-pyrrole nitrogens is 1. The van der Waals surface area contributed by atoms with Gasteiger partial charge in [0.2, 0.25) is 0 Å². The highest BCUT2D eigenvalue weighted by atomic mass is 32.2. The van der Waals surface area contributed by atoms with E-state index >= 15 is 0 Å². The number of fused-ring (bicyclic) bond motifs is 1. The first kappa shape index (κ1) is 20.6. The summed E-state index contributed by atoms with van der Waals surface area (Å²) in [5, 5.41) is 0.262. The van der Waals surface area contributed by atoms with Gasteiger partial charge in [-0.05, 0) is 44.4 Å². The number of aromatic nitrogens is 2. The summed E-state index contributed by atoms with van der Waals surface area (Å²) in [5.41, 5.74) is 4.11. The maximum absolute atomic E-state index is 14.5. The van der Waals surface area contributed by atoms with Gasteiger partial charge in [0.05, 0.1) is 17.9 Å². The van der Waals surface area contributed by atoms with Crippen molar-refractivity contribution in [2.24, 2.45) is 11.7 Å². The van der Waals surface area contributed by atoms with Crippen LogP contribution in [0.15, 0.2) is 16.9 Å². The van der Waals surface area contributed by atoms with Crippen LogP contribution in [0.4, 0.5) is 8.78 Å². The van der Waals surface area contributed by atoms with E-state index in [1.165, 1.54) is 12.5 Å². The Balaban J connectivity index is 1.44. The molecule has 0 amide bonds. The number of hydrogen-bond donors (Lipinski definition) is 2. The molecule has 1 heterocycles. The minimum Gasteiger partial charge on any atom is -0.493 e. The van der Waals surface area contributed by atoms with Crippen LogP contribution < -0.4 is 16.0 Å². The lowest BCUT2D eigenvalue weighted by Crippen LogP contribution is -2.37. The number of alkyl halides is 1. The molecule has 3 N–H and O–H groups in total. The van der Waals surface area contributed by atoms with Gasteiger partial charge in [-0.2, -0.15) is 11.8 Å². The minimum atomic E-state index is -1.24. The van der Waals surface area contributed by atoms with Gasteiger partial charge in [-0.1, -0.05) is 6.42 Å². The predicted octanol–water partition coefficient (Wildman–Crippen LogP) is 4.08. The summed E-state index contributed by atoms with van der Waals surface area (Å²) in [6.07, 6.45) is 5.95. The zero-order chi connectivity index (χ0) is 20.4. The van der Waals surface area contributed by atoms with Crippen molar-refractivity contribution in [3.05, 3.63) is 34.1 Å². The Labute approximate surface area is 172 Å². The van der Waals surface area contributed by atoms with E-state index < -0.39 is 17.0 Å². The number of benzene rings is 1. The average molecular weight is 424 g/mol. The summed E-state index contributed by atoms with van der Waals surface area (Å²) < 4.78 is 34.4. The first-order valence-corrected chi connectivity index (χ1v) is 11.4. The van der Waals surface area contributed by atoms with Crippen LogP contribution in [0.1, 0.15) is 50.8 Å². The number of rotatable bonds is 7. The fourth-order valence-electron chi connectivity index (χ4n) is 3.95. The molecule has 2 aliphatic carbocycles. The molecule has 158 valence electrons. The maximum Gasteiger partial charge on any atom is 0.261 e. The number of thioether (sulfide) groups is 1. The van der Waals surface area contributed by atoms with Gasteiger partial charge in [-0.25, -0.2) is 13.8 Å². The molecule has 0 unspecified atom stereocenters. The van der Waals surface area contributed by atoms with E-state index in [2.05, 4.69) is 9.97 Å². The number of hydrogen-bond acceptors (Lipinski definition) is 5. The van der Waals surface area contributed by atoms with Crippen molar-refractivity contribution in [3.8, 4) is 5.75 Å². The van der Waals surface area contributed by atoms with Crippen LogP contribution in [0.2, 0.25) is 0 Å². The highest BCUT2D eigenvalue weighted by Crippen LogP contribution is 2.37. The van der Waals surface area contributed by atoms with E-state index in [0.29, 0.717) is 53.5 Å². The molecule has 1 aromatic carbocycles. The van der Waals surface area contributed by atoms with E-state index in [1.807, 2.05) is 0 Å². The van der Waals surface area contributed by atoms with Gasteiger partial charge in [0.25, 0.3) is 5.56 Å². The molecular weight excluding hydrogens is 396 g/mol. The summed E-state index contributed by atoms with van der Waals surface area (Å²) in [6, 6.07) is 2.90. The van der Waals surface area contributed by atoms with Crippen LogP contribution in [0.25, 0.3) is 10.9 Å². The second kappa shape index (κ2) is 8.60. The normalized spacial score (nSPS) is 25.1. The van der Waals surface area contributed by atoms with Crippen LogP contribution in [0, 0.1) is 11.7 Å². The number of nitrogens with one attached hydrogen (secondary N) is 1. The quantitative estimate of drug-likeness (QED) is 0.701. The van der Waals surface area contributed by atoms with Crippen LogP contribution in [0.3, 0.4) is 0 Å². The molecule has 0 radical (unpaired) electrons. The molecule has 5 nitrogen and oxygen atoms in total. The Hall–Kier alpha value is -1.67. The first-order valence-electron chi connectivity index (χ1n) is 10.3. The molecule has 2 fully saturated rings. The topological polar surface area (TPSA) is 81.0 Å². The molecule has 8 heteroatoms. The summed E-state index contributed by atoms with van der Waals surface area (Å²) in [7, 11) is 0. The second-order valence-electron chi connectivity index (χ2n) is 8.29. The van der Waals surface area contributed by atoms with Gasteiger partial charge in [-0.15, -0.1) is 0 Å². The smallest absolute Gasteiger partial charge is 0.261 e. The molecule has 0 atom stereocenters. The molecule has 0 saturated heterocycles. The van der Waals surface area contributed by atoms with Crippen LogP contribution in [-0.2, 0) is 5.75 Å². The number of nitrogens with two attached hydrogens (primary N) is 1. The monoisotopic (exact) mass is 423 g/mol.